The van der Waals surface area contributed by atoms with Crippen molar-refractivity contribution in [3.63, 3.8) is 0 Å². The molecule has 0 amide bonds. The van der Waals surface area contributed by atoms with E-state index in [1.54, 1.807) is 26.2 Å². The molecular weight excluding hydrogens is 319 g/mol. The molecule has 1 aromatic heterocycles. The molecule has 0 saturated heterocycles. The highest BCUT2D eigenvalue weighted by Gasteiger charge is 2.19. The van der Waals surface area contributed by atoms with Crippen LogP contribution in [0, 0.1) is 5.82 Å². The van der Waals surface area contributed by atoms with Gasteiger partial charge >= 0.3 is 0 Å². The monoisotopic (exact) mass is 336 g/mol. The van der Waals surface area contributed by atoms with Crippen molar-refractivity contribution in [3.8, 4) is 17.0 Å². The van der Waals surface area contributed by atoms with Crippen LogP contribution < -0.4 is 5.56 Å². The summed E-state index contributed by atoms with van der Waals surface area (Å²) in [5.41, 5.74) is 1.80. The third kappa shape index (κ3) is 3.08. The predicted molar refractivity (Wildman–Crippen MR) is 96.7 cm³/mol. The molecule has 0 spiro atoms. The van der Waals surface area contributed by atoms with Crippen LogP contribution in [0.5, 0.6) is 5.75 Å². The van der Waals surface area contributed by atoms with Gasteiger partial charge in [-0.1, -0.05) is 42.5 Å². The second-order valence-corrected chi connectivity index (χ2v) is 5.60. The van der Waals surface area contributed by atoms with Crippen molar-refractivity contribution in [2.75, 3.05) is 7.05 Å². The van der Waals surface area contributed by atoms with Gasteiger partial charge in [-0.15, -0.1) is 0 Å². The minimum atomic E-state index is -0.409. The molecule has 1 N–H and O–H groups in total. The van der Waals surface area contributed by atoms with E-state index in [-0.39, 0.29) is 11.3 Å². The number of hydrogen-bond acceptors (Lipinski definition) is 3. The molecule has 0 fully saturated rings. The van der Waals surface area contributed by atoms with Crippen LogP contribution in [-0.2, 0) is 7.05 Å². The van der Waals surface area contributed by atoms with Crippen LogP contribution >= 0.6 is 0 Å². The Hall–Kier alpha value is -3.21. The number of nitrogens with zero attached hydrogens (tertiary/aromatic N) is 2. The summed E-state index contributed by atoms with van der Waals surface area (Å²) in [6.45, 7) is 0. The van der Waals surface area contributed by atoms with E-state index in [9.17, 15) is 14.3 Å². The molecule has 0 radical (unpaired) electrons. The number of pyridine rings is 1. The van der Waals surface area contributed by atoms with Crippen molar-refractivity contribution < 1.29 is 9.50 Å². The van der Waals surface area contributed by atoms with E-state index in [2.05, 4.69) is 4.99 Å². The van der Waals surface area contributed by atoms with Gasteiger partial charge in [0.25, 0.3) is 5.56 Å². The highest BCUT2D eigenvalue weighted by atomic mass is 19.1. The molecule has 25 heavy (non-hydrogen) atoms. The number of hydrogen-bond donors (Lipinski definition) is 1. The molecule has 3 aromatic rings. The lowest BCUT2D eigenvalue weighted by Crippen LogP contribution is -2.26. The van der Waals surface area contributed by atoms with E-state index in [0.29, 0.717) is 17.0 Å². The number of rotatable bonds is 3. The molecule has 0 bridgehead atoms. The minimum absolute atomic E-state index is 0.122. The maximum Gasteiger partial charge on any atom is 0.264 e. The molecule has 0 atom stereocenters. The Morgan fingerprint density at radius 1 is 1.08 bits per heavy atom. The third-order valence-corrected chi connectivity index (χ3v) is 4.04. The molecule has 3 rings (SSSR count). The van der Waals surface area contributed by atoms with Crippen molar-refractivity contribution in [2.24, 2.45) is 12.0 Å². The Morgan fingerprint density at radius 3 is 2.44 bits per heavy atom. The fraction of sp³-hybridized carbons (Fsp3) is 0.100. The van der Waals surface area contributed by atoms with Gasteiger partial charge in [0.2, 0.25) is 0 Å². The molecular formula is C20H17FN2O2. The van der Waals surface area contributed by atoms with Gasteiger partial charge in [-0.05, 0) is 12.1 Å². The van der Waals surface area contributed by atoms with Gasteiger partial charge in [0.1, 0.15) is 17.1 Å². The van der Waals surface area contributed by atoms with Crippen LogP contribution in [0.15, 0.2) is 70.5 Å². The topological polar surface area (TPSA) is 54.6 Å². The van der Waals surface area contributed by atoms with Crippen molar-refractivity contribution in [1.82, 2.24) is 4.57 Å². The summed E-state index contributed by atoms with van der Waals surface area (Å²) < 4.78 is 14.9. The van der Waals surface area contributed by atoms with Crippen molar-refractivity contribution in [2.45, 2.75) is 0 Å². The highest BCUT2D eigenvalue weighted by Crippen LogP contribution is 2.26. The Morgan fingerprint density at radius 2 is 1.80 bits per heavy atom. The summed E-state index contributed by atoms with van der Waals surface area (Å²) in [5, 5.41) is 10.5. The van der Waals surface area contributed by atoms with Crippen molar-refractivity contribution in [3.05, 3.63) is 88.0 Å². The lowest BCUT2D eigenvalue weighted by atomic mass is 10.0. The lowest BCUT2D eigenvalue weighted by molar-refractivity contribution is 0.471. The van der Waals surface area contributed by atoms with Crippen LogP contribution in [0.3, 0.4) is 0 Å². The second-order valence-electron chi connectivity index (χ2n) is 5.60. The zero-order chi connectivity index (χ0) is 18.0. The molecule has 0 saturated carbocycles. The van der Waals surface area contributed by atoms with Gasteiger partial charge in [-0.2, -0.15) is 0 Å². The largest absolute Gasteiger partial charge is 0.507 e. The zero-order valence-electron chi connectivity index (χ0n) is 13.9. The standard InChI is InChI=1S/C20H17FN2O2/c1-22-19(13-7-4-3-5-8-13)18-17(24)12-16(23(2)20(18)25)14-9-6-10-15(21)11-14/h3-12,24H,1-2H3. The molecule has 0 unspecified atom stereocenters. The quantitative estimate of drug-likeness (QED) is 0.746. The third-order valence-electron chi connectivity index (χ3n) is 4.04. The van der Waals surface area contributed by atoms with Crippen LogP contribution in [0.4, 0.5) is 4.39 Å². The maximum absolute atomic E-state index is 13.5. The van der Waals surface area contributed by atoms with Crippen LogP contribution in [0.25, 0.3) is 11.3 Å². The van der Waals surface area contributed by atoms with Gasteiger partial charge in [-0.25, -0.2) is 4.39 Å². The number of aliphatic imine (C=N–C) groups is 1. The molecule has 0 aliphatic rings. The van der Waals surface area contributed by atoms with E-state index >= 15 is 0 Å². The van der Waals surface area contributed by atoms with Gasteiger partial charge in [-0.3, -0.25) is 9.79 Å². The summed E-state index contributed by atoms with van der Waals surface area (Å²) >= 11 is 0. The van der Waals surface area contributed by atoms with Gasteiger partial charge in [0.05, 0.1) is 11.4 Å². The van der Waals surface area contributed by atoms with Gasteiger partial charge in [0, 0.05) is 31.3 Å². The van der Waals surface area contributed by atoms with Crippen LogP contribution in [0.2, 0.25) is 0 Å². The highest BCUT2D eigenvalue weighted by molar-refractivity contribution is 6.14. The maximum atomic E-state index is 13.5. The predicted octanol–water partition coefficient (Wildman–Crippen LogP) is 3.36. The first kappa shape index (κ1) is 16.6. The number of halogens is 1. The average molecular weight is 336 g/mol. The number of aromatic nitrogens is 1. The molecule has 0 aliphatic carbocycles. The Kier molecular flexibility index (Phi) is 4.48. The Bertz CT molecular complexity index is 1010. The van der Waals surface area contributed by atoms with Gasteiger partial charge < -0.3 is 9.67 Å². The summed E-state index contributed by atoms with van der Waals surface area (Å²) in [6, 6.07) is 16.5. The number of aromatic hydroxyl groups is 1. The second kappa shape index (κ2) is 6.73. The van der Waals surface area contributed by atoms with E-state index in [0.717, 1.165) is 5.56 Å². The molecule has 1 heterocycles. The van der Waals surface area contributed by atoms with E-state index in [1.807, 2.05) is 30.3 Å². The first-order chi connectivity index (χ1) is 12.0. The molecule has 126 valence electrons. The van der Waals surface area contributed by atoms with Crippen LogP contribution in [-0.4, -0.2) is 22.4 Å². The summed E-state index contributed by atoms with van der Waals surface area (Å²) in [5.74, 6) is -0.597. The zero-order valence-corrected chi connectivity index (χ0v) is 13.9. The van der Waals surface area contributed by atoms with Gasteiger partial charge in [0.15, 0.2) is 0 Å². The molecule has 5 heteroatoms. The summed E-state index contributed by atoms with van der Waals surface area (Å²) in [4.78, 5) is 17.1. The summed E-state index contributed by atoms with van der Waals surface area (Å²) in [6.07, 6.45) is 0. The molecule has 4 nitrogen and oxygen atoms in total. The Balaban J connectivity index is 2.22. The van der Waals surface area contributed by atoms with Crippen molar-refractivity contribution >= 4 is 5.71 Å². The average Bonchev–Trinajstić information content (AvgIpc) is 2.62. The van der Waals surface area contributed by atoms with E-state index in [1.165, 1.54) is 22.8 Å². The SMILES string of the molecule is CN=C(c1ccccc1)c1c(O)cc(-c2cccc(F)c2)n(C)c1=O. The van der Waals surface area contributed by atoms with Crippen molar-refractivity contribution in [1.29, 1.82) is 0 Å². The first-order valence-corrected chi connectivity index (χ1v) is 7.74. The molecule has 0 aliphatic heterocycles. The lowest BCUT2D eigenvalue weighted by Gasteiger charge is -2.14. The first-order valence-electron chi connectivity index (χ1n) is 7.74. The normalized spacial score (nSPS) is 11.6. The fourth-order valence-electron chi connectivity index (χ4n) is 2.81. The minimum Gasteiger partial charge on any atom is -0.507 e. The Labute approximate surface area is 144 Å². The smallest absolute Gasteiger partial charge is 0.264 e. The van der Waals surface area contributed by atoms with E-state index in [4.69, 9.17) is 0 Å². The van der Waals surface area contributed by atoms with Crippen LogP contribution in [0.1, 0.15) is 11.1 Å². The molecule has 2 aromatic carbocycles. The fourth-order valence-corrected chi connectivity index (χ4v) is 2.81. The summed E-state index contributed by atoms with van der Waals surface area (Å²) in [7, 11) is 3.16. The number of benzene rings is 2. The van der Waals surface area contributed by atoms with E-state index < -0.39 is 11.4 Å².